The number of carbonyl (C=O) groups is 1. The molecule has 0 saturated heterocycles. The normalized spacial score (nSPS) is 10.2. The third-order valence-corrected chi connectivity index (χ3v) is 3.48. The van der Waals surface area contributed by atoms with Gasteiger partial charge in [-0.2, -0.15) is 0 Å². The molecule has 0 radical (unpaired) electrons. The number of benzene rings is 1. The van der Waals surface area contributed by atoms with Crippen LogP contribution in [-0.4, -0.2) is 26.5 Å². The van der Waals surface area contributed by atoms with Crippen LogP contribution in [0.3, 0.4) is 0 Å². The van der Waals surface area contributed by atoms with E-state index in [1.54, 1.807) is 13.2 Å². The zero-order valence-electron chi connectivity index (χ0n) is 10.2. The van der Waals surface area contributed by atoms with Gasteiger partial charge in [0.2, 0.25) is 0 Å². The van der Waals surface area contributed by atoms with Crippen LogP contribution in [0, 0.1) is 6.92 Å². The summed E-state index contributed by atoms with van der Waals surface area (Å²) >= 11 is 3.41. The zero-order valence-corrected chi connectivity index (χ0v) is 11.8. The highest BCUT2D eigenvalue weighted by Crippen LogP contribution is 2.39. The van der Waals surface area contributed by atoms with Crippen molar-refractivity contribution in [2.75, 3.05) is 20.8 Å². The standard InChI is InChI=1S/C12H16BrNO3/c1-7-8(9(15)4-5-14)6-10(16-2)12(17-3)11(7)13/h6H,4-5,14H2,1-3H3. The predicted octanol–water partition coefficient (Wildman–Crippen LogP) is 2.31. The van der Waals surface area contributed by atoms with Crippen molar-refractivity contribution in [1.82, 2.24) is 0 Å². The van der Waals surface area contributed by atoms with E-state index in [0.717, 1.165) is 10.0 Å². The second-order valence-corrected chi connectivity index (χ2v) is 4.35. The highest BCUT2D eigenvalue weighted by molar-refractivity contribution is 9.10. The molecule has 5 heteroatoms. The minimum absolute atomic E-state index is 0.00616. The molecule has 0 heterocycles. The monoisotopic (exact) mass is 301 g/mol. The molecule has 0 unspecified atom stereocenters. The van der Waals surface area contributed by atoms with Crippen molar-refractivity contribution in [2.45, 2.75) is 13.3 Å². The number of hydrogen-bond acceptors (Lipinski definition) is 4. The number of ether oxygens (including phenoxy) is 2. The Morgan fingerprint density at radius 2 is 2.06 bits per heavy atom. The van der Waals surface area contributed by atoms with E-state index in [2.05, 4.69) is 15.9 Å². The number of Topliss-reactive ketones (excluding diaryl/α,β-unsaturated/α-hetero) is 1. The summed E-state index contributed by atoms with van der Waals surface area (Å²) in [6.45, 7) is 2.19. The Morgan fingerprint density at radius 3 is 2.53 bits per heavy atom. The molecule has 1 aromatic carbocycles. The number of halogens is 1. The number of methoxy groups -OCH3 is 2. The van der Waals surface area contributed by atoms with Gasteiger partial charge in [0, 0.05) is 12.0 Å². The predicted molar refractivity (Wildman–Crippen MR) is 70.0 cm³/mol. The zero-order chi connectivity index (χ0) is 13.0. The molecule has 2 N–H and O–H groups in total. The molecule has 0 saturated carbocycles. The summed E-state index contributed by atoms with van der Waals surface area (Å²) in [7, 11) is 3.10. The van der Waals surface area contributed by atoms with Gasteiger partial charge >= 0.3 is 0 Å². The largest absolute Gasteiger partial charge is 0.493 e. The molecule has 0 fully saturated rings. The van der Waals surface area contributed by atoms with Gasteiger partial charge < -0.3 is 15.2 Å². The summed E-state index contributed by atoms with van der Waals surface area (Å²) in [6, 6.07) is 1.69. The van der Waals surface area contributed by atoms with Crippen molar-refractivity contribution >= 4 is 21.7 Å². The van der Waals surface area contributed by atoms with Gasteiger partial charge in [-0.3, -0.25) is 4.79 Å². The first-order valence-electron chi connectivity index (χ1n) is 5.21. The maximum atomic E-state index is 11.9. The Morgan fingerprint density at radius 1 is 1.41 bits per heavy atom. The second kappa shape index (κ2) is 6.02. The second-order valence-electron chi connectivity index (χ2n) is 3.56. The van der Waals surface area contributed by atoms with Crippen molar-refractivity contribution in [2.24, 2.45) is 5.73 Å². The lowest BCUT2D eigenvalue weighted by molar-refractivity contribution is 0.0984. The molecule has 0 spiro atoms. The highest BCUT2D eigenvalue weighted by Gasteiger charge is 2.18. The Labute approximate surface area is 109 Å². The van der Waals surface area contributed by atoms with Crippen molar-refractivity contribution in [3.63, 3.8) is 0 Å². The van der Waals surface area contributed by atoms with Gasteiger partial charge in [-0.15, -0.1) is 0 Å². The van der Waals surface area contributed by atoms with E-state index in [0.29, 0.717) is 30.0 Å². The van der Waals surface area contributed by atoms with Crippen molar-refractivity contribution in [3.05, 3.63) is 21.7 Å². The third-order valence-electron chi connectivity index (χ3n) is 2.53. The summed E-state index contributed by atoms with van der Waals surface area (Å²) < 4.78 is 11.2. The molecule has 94 valence electrons. The van der Waals surface area contributed by atoms with Gasteiger partial charge in [0.05, 0.1) is 18.7 Å². The number of hydrogen-bond donors (Lipinski definition) is 1. The van der Waals surface area contributed by atoms with Crippen molar-refractivity contribution < 1.29 is 14.3 Å². The first kappa shape index (κ1) is 14.0. The minimum Gasteiger partial charge on any atom is -0.493 e. The average molecular weight is 302 g/mol. The van der Waals surface area contributed by atoms with Gasteiger partial charge in [0.15, 0.2) is 17.3 Å². The van der Waals surface area contributed by atoms with Gasteiger partial charge in [-0.25, -0.2) is 0 Å². The molecule has 0 amide bonds. The van der Waals surface area contributed by atoms with Gasteiger partial charge in [-0.1, -0.05) is 0 Å². The van der Waals surface area contributed by atoms with Crippen molar-refractivity contribution in [1.29, 1.82) is 0 Å². The third kappa shape index (κ3) is 2.79. The molecule has 0 aliphatic heterocycles. The minimum atomic E-state index is 0.00616. The molecule has 0 aromatic heterocycles. The van der Waals surface area contributed by atoms with E-state index in [1.807, 2.05) is 6.92 Å². The maximum absolute atomic E-state index is 11.9. The molecule has 0 aliphatic rings. The quantitative estimate of drug-likeness (QED) is 0.848. The molecule has 1 rings (SSSR count). The van der Waals surface area contributed by atoms with E-state index in [4.69, 9.17) is 15.2 Å². The summed E-state index contributed by atoms with van der Waals surface area (Å²) in [5.74, 6) is 1.13. The van der Waals surface area contributed by atoms with Crippen LogP contribution in [0.5, 0.6) is 11.5 Å². The summed E-state index contributed by atoms with van der Waals surface area (Å²) in [5, 5.41) is 0. The van der Waals surface area contributed by atoms with Crippen LogP contribution in [0.1, 0.15) is 22.3 Å². The molecule has 4 nitrogen and oxygen atoms in total. The van der Waals surface area contributed by atoms with E-state index >= 15 is 0 Å². The Hall–Kier alpha value is -1.07. The van der Waals surface area contributed by atoms with E-state index < -0.39 is 0 Å². The first-order valence-corrected chi connectivity index (χ1v) is 6.00. The van der Waals surface area contributed by atoms with E-state index in [-0.39, 0.29) is 5.78 Å². The maximum Gasteiger partial charge on any atom is 0.175 e. The number of carbonyl (C=O) groups excluding carboxylic acids is 1. The fraction of sp³-hybridized carbons (Fsp3) is 0.417. The number of nitrogens with two attached hydrogens (primary N) is 1. The number of ketones is 1. The molecule has 17 heavy (non-hydrogen) atoms. The fourth-order valence-corrected chi connectivity index (χ4v) is 2.17. The van der Waals surface area contributed by atoms with Gasteiger partial charge in [0.1, 0.15) is 0 Å². The lowest BCUT2D eigenvalue weighted by atomic mass is 10.0. The van der Waals surface area contributed by atoms with Crippen LogP contribution < -0.4 is 15.2 Å². The fourth-order valence-electron chi connectivity index (χ4n) is 1.60. The smallest absolute Gasteiger partial charge is 0.175 e. The first-order chi connectivity index (χ1) is 8.06. The van der Waals surface area contributed by atoms with Crippen LogP contribution in [-0.2, 0) is 0 Å². The van der Waals surface area contributed by atoms with Gasteiger partial charge in [-0.05, 0) is 41.0 Å². The Kier molecular flexibility index (Phi) is 4.96. The van der Waals surface area contributed by atoms with Crippen LogP contribution in [0.2, 0.25) is 0 Å². The van der Waals surface area contributed by atoms with Gasteiger partial charge in [0.25, 0.3) is 0 Å². The molecule has 0 bridgehead atoms. The Bertz CT molecular complexity index is 432. The van der Waals surface area contributed by atoms with Crippen LogP contribution in [0.25, 0.3) is 0 Å². The summed E-state index contributed by atoms with van der Waals surface area (Å²) in [5.41, 5.74) is 6.84. The van der Waals surface area contributed by atoms with E-state index in [1.165, 1.54) is 7.11 Å². The number of rotatable bonds is 5. The lowest BCUT2D eigenvalue weighted by Gasteiger charge is -2.14. The molecular formula is C12H16BrNO3. The van der Waals surface area contributed by atoms with Crippen LogP contribution in [0.4, 0.5) is 0 Å². The molecular weight excluding hydrogens is 286 g/mol. The summed E-state index contributed by atoms with van der Waals surface area (Å²) in [4.78, 5) is 11.9. The SMILES string of the molecule is COc1cc(C(=O)CCN)c(C)c(Br)c1OC. The lowest BCUT2D eigenvalue weighted by Crippen LogP contribution is -2.10. The Balaban J connectivity index is 3.34. The topological polar surface area (TPSA) is 61.5 Å². The molecule has 0 atom stereocenters. The van der Waals surface area contributed by atoms with Crippen LogP contribution >= 0.6 is 15.9 Å². The van der Waals surface area contributed by atoms with E-state index in [9.17, 15) is 4.79 Å². The average Bonchev–Trinajstić information content (AvgIpc) is 2.32. The molecule has 0 aliphatic carbocycles. The highest BCUT2D eigenvalue weighted by atomic mass is 79.9. The van der Waals surface area contributed by atoms with Crippen molar-refractivity contribution in [3.8, 4) is 11.5 Å². The van der Waals surface area contributed by atoms with Crippen LogP contribution in [0.15, 0.2) is 10.5 Å². The summed E-state index contributed by atoms with van der Waals surface area (Å²) in [6.07, 6.45) is 0.322. The molecule has 1 aromatic rings.